The summed E-state index contributed by atoms with van der Waals surface area (Å²) in [5.74, 6) is 0.926. The molecule has 0 aliphatic heterocycles. The minimum Gasteiger partial charge on any atom is -0.327 e. The Bertz CT molecular complexity index is 548. The molecule has 2 N–H and O–H groups in total. The van der Waals surface area contributed by atoms with Crippen LogP contribution in [0.5, 0.6) is 0 Å². The van der Waals surface area contributed by atoms with Crippen molar-refractivity contribution in [3.8, 4) is 0 Å². The molecule has 1 aromatic carbocycles. The maximum atomic E-state index is 6.22. The van der Waals surface area contributed by atoms with Gasteiger partial charge in [0.2, 0.25) is 0 Å². The van der Waals surface area contributed by atoms with Gasteiger partial charge in [0.15, 0.2) is 0 Å². The lowest BCUT2D eigenvalue weighted by Gasteiger charge is -2.12. The van der Waals surface area contributed by atoms with Crippen molar-refractivity contribution in [1.29, 1.82) is 0 Å². The first kappa shape index (κ1) is 14.2. The number of hydrogen-bond donors (Lipinski definition) is 1. The van der Waals surface area contributed by atoms with Gasteiger partial charge in [0.1, 0.15) is 0 Å². The predicted octanol–water partition coefficient (Wildman–Crippen LogP) is 2.70. The molecule has 1 heterocycles. The van der Waals surface area contributed by atoms with E-state index in [0.717, 1.165) is 17.9 Å². The molecule has 2 rings (SSSR count). The van der Waals surface area contributed by atoms with E-state index in [1.54, 1.807) is 0 Å². The van der Waals surface area contributed by atoms with Crippen molar-refractivity contribution in [3.05, 3.63) is 47.3 Å². The molecule has 0 spiro atoms. The monoisotopic (exact) mass is 275 g/mol. The molecule has 0 fully saturated rings. The lowest BCUT2D eigenvalue weighted by atomic mass is 10.2. The van der Waals surface area contributed by atoms with Crippen LogP contribution in [-0.4, -0.2) is 21.6 Å². The van der Waals surface area contributed by atoms with E-state index in [2.05, 4.69) is 42.4 Å². The van der Waals surface area contributed by atoms with Crippen molar-refractivity contribution in [3.63, 3.8) is 0 Å². The minimum atomic E-state index is 0.152. The van der Waals surface area contributed by atoms with E-state index in [1.807, 2.05) is 30.4 Å². The molecule has 4 heteroatoms. The van der Waals surface area contributed by atoms with Crippen molar-refractivity contribution >= 4 is 11.8 Å². The van der Waals surface area contributed by atoms with Crippen LogP contribution in [0.1, 0.15) is 17.0 Å². The van der Waals surface area contributed by atoms with Gasteiger partial charge in [0.25, 0.3) is 0 Å². The number of nitrogens with zero attached hydrogens (tertiary/aromatic N) is 2. The van der Waals surface area contributed by atoms with Gasteiger partial charge in [-0.15, -0.1) is 11.8 Å². The lowest BCUT2D eigenvalue weighted by Crippen LogP contribution is -2.26. The summed E-state index contributed by atoms with van der Waals surface area (Å²) >= 11 is 1.83. The second-order valence-electron chi connectivity index (χ2n) is 4.94. The quantitative estimate of drug-likeness (QED) is 0.853. The minimum absolute atomic E-state index is 0.152. The summed E-state index contributed by atoms with van der Waals surface area (Å²) in [5.41, 5.74) is 9.79. The van der Waals surface area contributed by atoms with Crippen molar-refractivity contribution in [2.75, 3.05) is 5.75 Å². The molecule has 0 amide bonds. The third kappa shape index (κ3) is 3.85. The summed E-state index contributed by atoms with van der Waals surface area (Å²) in [6, 6.07) is 10.7. The molecule has 0 saturated carbocycles. The first-order valence-electron chi connectivity index (χ1n) is 6.50. The Labute approximate surface area is 119 Å². The fraction of sp³-hybridized carbons (Fsp3) is 0.400. The molecule has 2 aromatic rings. The number of hydrogen-bond acceptors (Lipinski definition) is 3. The highest BCUT2D eigenvalue weighted by molar-refractivity contribution is 7.99. The zero-order chi connectivity index (χ0) is 13.8. The van der Waals surface area contributed by atoms with Gasteiger partial charge in [0.05, 0.1) is 5.69 Å². The molecule has 102 valence electrons. The first-order chi connectivity index (χ1) is 9.06. The van der Waals surface area contributed by atoms with E-state index >= 15 is 0 Å². The Morgan fingerprint density at radius 2 is 2.05 bits per heavy atom. The summed E-state index contributed by atoms with van der Waals surface area (Å²) in [7, 11) is 1.98. The number of nitrogens with two attached hydrogens (primary N) is 1. The zero-order valence-electron chi connectivity index (χ0n) is 11.8. The average Bonchev–Trinajstić information content (AvgIpc) is 2.67. The van der Waals surface area contributed by atoms with Gasteiger partial charge < -0.3 is 5.73 Å². The molecule has 1 unspecified atom stereocenters. The Morgan fingerprint density at radius 3 is 2.68 bits per heavy atom. The van der Waals surface area contributed by atoms with Gasteiger partial charge in [-0.3, -0.25) is 4.68 Å². The standard InChI is InChI=1S/C15H21N3S/c1-11-6-4-5-7-15(11)19-10-13(16)9-14-8-12(2)17-18(14)3/h4-8,13H,9-10,16H2,1-3H3. The van der Waals surface area contributed by atoms with Crippen LogP contribution in [0.15, 0.2) is 35.2 Å². The van der Waals surface area contributed by atoms with Crippen LogP contribution in [0.3, 0.4) is 0 Å². The lowest BCUT2D eigenvalue weighted by molar-refractivity contribution is 0.652. The molecule has 0 aliphatic carbocycles. The summed E-state index contributed by atoms with van der Waals surface area (Å²) < 4.78 is 1.92. The number of aryl methyl sites for hydroxylation is 3. The first-order valence-corrected chi connectivity index (χ1v) is 7.48. The molecule has 0 aliphatic rings. The molecule has 0 saturated heterocycles. The Balaban J connectivity index is 1.90. The second-order valence-corrected chi connectivity index (χ2v) is 6.00. The summed E-state index contributed by atoms with van der Waals surface area (Å²) in [5, 5.41) is 4.35. The van der Waals surface area contributed by atoms with E-state index in [9.17, 15) is 0 Å². The number of aromatic nitrogens is 2. The molecule has 1 atom stereocenters. The smallest absolute Gasteiger partial charge is 0.0596 e. The normalized spacial score (nSPS) is 12.6. The molecule has 1 aromatic heterocycles. The zero-order valence-corrected chi connectivity index (χ0v) is 12.6. The van der Waals surface area contributed by atoms with Crippen LogP contribution in [0.2, 0.25) is 0 Å². The highest BCUT2D eigenvalue weighted by Crippen LogP contribution is 2.22. The maximum Gasteiger partial charge on any atom is 0.0596 e. The Morgan fingerprint density at radius 1 is 1.32 bits per heavy atom. The fourth-order valence-electron chi connectivity index (χ4n) is 2.10. The van der Waals surface area contributed by atoms with Gasteiger partial charge in [0, 0.05) is 35.9 Å². The topological polar surface area (TPSA) is 43.8 Å². The average molecular weight is 275 g/mol. The van der Waals surface area contributed by atoms with Crippen molar-refractivity contribution < 1.29 is 0 Å². The van der Waals surface area contributed by atoms with Gasteiger partial charge in [-0.05, 0) is 31.5 Å². The van der Waals surface area contributed by atoms with Crippen LogP contribution in [0.25, 0.3) is 0 Å². The van der Waals surface area contributed by atoms with Crippen LogP contribution >= 0.6 is 11.8 Å². The van der Waals surface area contributed by atoms with Crippen molar-refractivity contribution in [2.45, 2.75) is 31.2 Å². The van der Waals surface area contributed by atoms with E-state index in [1.165, 1.54) is 16.2 Å². The molecular formula is C15H21N3S. The van der Waals surface area contributed by atoms with E-state index in [0.29, 0.717) is 0 Å². The third-order valence-electron chi connectivity index (χ3n) is 3.12. The largest absolute Gasteiger partial charge is 0.327 e. The van der Waals surface area contributed by atoms with Gasteiger partial charge in [-0.2, -0.15) is 5.10 Å². The molecule has 3 nitrogen and oxygen atoms in total. The van der Waals surface area contributed by atoms with Crippen molar-refractivity contribution in [1.82, 2.24) is 9.78 Å². The summed E-state index contributed by atoms with van der Waals surface area (Å²) in [4.78, 5) is 1.32. The maximum absolute atomic E-state index is 6.22. The van der Waals surface area contributed by atoms with Crippen LogP contribution < -0.4 is 5.73 Å². The third-order valence-corrected chi connectivity index (χ3v) is 4.48. The molecule has 0 bridgehead atoms. The summed E-state index contributed by atoms with van der Waals surface area (Å²) in [6.07, 6.45) is 0.871. The Kier molecular flexibility index (Phi) is 4.66. The fourth-order valence-corrected chi connectivity index (χ4v) is 3.08. The van der Waals surface area contributed by atoms with Crippen LogP contribution in [-0.2, 0) is 13.5 Å². The van der Waals surface area contributed by atoms with Gasteiger partial charge in [-0.25, -0.2) is 0 Å². The number of thioether (sulfide) groups is 1. The highest BCUT2D eigenvalue weighted by atomic mass is 32.2. The Hall–Kier alpha value is -1.26. The van der Waals surface area contributed by atoms with Crippen LogP contribution in [0, 0.1) is 13.8 Å². The molecular weight excluding hydrogens is 254 g/mol. The van der Waals surface area contributed by atoms with Crippen LogP contribution in [0.4, 0.5) is 0 Å². The SMILES string of the molecule is Cc1cc(CC(N)CSc2ccccc2C)n(C)n1. The van der Waals surface area contributed by atoms with Gasteiger partial charge >= 0.3 is 0 Å². The predicted molar refractivity (Wildman–Crippen MR) is 81.5 cm³/mol. The van der Waals surface area contributed by atoms with E-state index in [-0.39, 0.29) is 6.04 Å². The summed E-state index contributed by atoms with van der Waals surface area (Å²) in [6.45, 7) is 4.15. The molecule has 19 heavy (non-hydrogen) atoms. The number of benzene rings is 1. The number of rotatable bonds is 5. The van der Waals surface area contributed by atoms with E-state index < -0.39 is 0 Å². The van der Waals surface area contributed by atoms with E-state index in [4.69, 9.17) is 5.73 Å². The second kappa shape index (κ2) is 6.26. The molecule has 0 radical (unpaired) electrons. The van der Waals surface area contributed by atoms with Crippen molar-refractivity contribution in [2.24, 2.45) is 12.8 Å². The highest BCUT2D eigenvalue weighted by Gasteiger charge is 2.09. The van der Waals surface area contributed by atoms with Gasteiger partial charge in [-0.1, -0.05) is 18.2 Å².